The van der Waals surface area contributed by atoms with Crippen LogP contribution in [0, 0.1) is 0 Å². The Bertz CT molecular complexity index is 171. The van der Waals surface area contributed by atoms with E-state index in [4.69, 9.17) is 9.47 Å². The molecule has 15 heavy (non-hydrogen) atoms. The Kier molecular flexibility index (Phi) is 5.58. The van der Waals surface area contributed by atoms with Crippen molar-refractivity contribution in [2.75, 3.05) is 39.5 Å². The van der Waals surface area contributed by atoms with E-state index in [0.717, 1.165) is 52.4 Å². The maximum atomic E-state index is 5.49. The molecule has 3 heteroatoms. The summed E-state index contributed by atoms with van der Waals surface area (Å²) in [7, 11) is 0. The van der Waals surface area contributed by atoms with E-state index in [9.17, 15) is 0 Å². The van der Waals surface area contributed by atoms with E-state index in [1.807, 2.05) is 0 Å². The van der Waals surface area contributed by atoms with E-state index >= 15 is 0 Å². The second kappa shape index (κ2) is 6.46. The zero-order chi connectivity index (χ0) is 11.1. The monoisotopic (exact) mass is 215 g/mol. The van der Waals surface area contributed by atoms with Crippen molar-refractivity contribution in [3.05, 3.63) is 0 Å². The molecule has 0 saturated carbocycles. The van der Waals surface area contributed by atoms with Crippen LogP contribution in [0.3, 0.4) is 0 Å². The van der Waals surface area contributed by atoms with Gasteiger partial charge in [0.05, 0.1) is 13.2 Å². The van der Waals surface area contributed by atoms with E-state index in [1.165, 1.54) is 0 Å². The van der Waals surface area contributed by atoms with Gasteiger partial charge in [0.15, 0.2) is 0 Å². The SMILES string of the molecule is CCCOCCCN1CCOCC1(C)C. The average Bonchev–Trinajstić information content (AvgIpc) is 2.19. The van der Waals surface area contributed by atoms with Gasteiger partial charge in [-0.25, -0.2) is 0 Å². The average molecular weight is 215 g/mol. The number of ether oxygens (including phenoxy) is 2. The van der Waals surface area contributed by atoms with Gasteiger partial charge in [-0.3, -0.25) is 4.90 Å². The minimum Gasteiger partial charge on any atom is -0.381 e. The lowest BCUT2D eigenvalue weighted by Crippen LogP contribution is -2.53. The number of rotatable bonds is 6. The summed E-state index contributed by atoms with van der Waals surface area (Å²) in [6.45, 7) is 12.3. The van der Waals surface area contributed by atoms with Gasteiger partial charge in [-0.15, -0.1) is 0 Å². The molecule has 0 aromatic heterocycles. The predicted octanol–water partition coefficient (Wildman–Crippen LogP) is 1.91. The summed E-state index contributed by atoms with van der Waals surface area (Å²) in [6.07, 6.45) is 2.24. The topological polar surface area (TPSA) is 21.7 Å². The van der Waals surface area contributed by atoms with Gasteiger partial charge in [-0.05, 0) is 26.7 Å². The highest BCUT2D eigenvalue weighted by molar-refractivity contribution is 4.84. The molecule has 0 radical (unpaired) electrons. The molecule has 3 nitrogen and oxygen atoms in total. The third-order valence-corrected chi connectivity index (χ3v) is 2.88. The summed E-state index contributed by atoms with van der Waals surface area (Å²) >= 11 is 0. The van der Waals surface area contributed by atoms with E-state index in [1.54, 1.807) is 0 Å². The highest BCUT2D eigenvalue weighted by Gasteiger charge is 2.29. The summed E-state index contributed by atoms with van der Waals surface area (Å²) in [6, 6.07) is 0. The lowest BCUT2D eigenvalue weighted by atomic mass is 10.0. The van der Waals surface area contributed by atoms with Gasteiger partial charge >= 0.3 is 0 Å². The molecular formula is C12H25NO2. The first kappa shape index (κ1) is 12.9. The molecular weight excluding hydrogens is 190 g/mol. The number of hydrogen-bond acceptors (Lipinski definition) is 3. The third-order valence-electron chi connectivity index (χ3n) is 2.88. The second-order valence-corrected chi connectivity index (χ2v) is 4.82. The minimum absolute atomic E-state index is 0.197. The molecule has 0 amide bonds. The molecule has 90 valence electrons. The Morgan fingerprint density at radius 2 is 2.13 bits per heavy atom. The van der Waals surface area contributed by atoms with Crippen LogP contribution >= 0.6 is 0 Å². The van der Waals surface area contributed by atoms with Crippen molar-refractivity contribution in [2.24, 2.45) is 0 Å². The first-order chi connectivity index (χ1) is 7.17. The van der Waals surface area contributed by atoms with Crippen molar-refractivity contribution < 1.29 is 9.47 Å². The van der Waals surface area contributed by atoms with Crippen molar-refractivity contribution in [1.29, 1.82) is 0 Å². The van der Waals surface area contributed by atoms with E-state index < -0.39 is 0 Å². The molecule has 0 aromatic rings. The molecule has 0 N–H and O–H groups in total. The maximum absolute atomic E-state index is 5.49. The fourth-order valence-electron chi connectivity index (χ4n) is 1.91. The molecule has 1 saturated heterocycles. The minimum atomic E-state index is 0.197. The summed E-state index contributed by atoms with van der Waals surface area (Å²) in [5.41, 5.74) is 0.197. The van der Waals surface area contributed by atoms with Crippen molar-refractivity contribution in [1.82, 2.24) is 4.90 Å². The van der Waals surface area contributed by atoms with E-state index in [0.29, 0.717) is 0 Å². The van der Waals surface area contributed by atoms with Gasteiger partial charge in [0.25, 0.3) is 0 Å². The fourth-order valence-corrected chi connectivity index (χ4v) is 1.91. The first-order valence-corrected chi connectivity index (χ1v) is 6.07. The molecule has 1 heterocycles. The molecule has 1 rings (SSSR count). The molecule has 0 bridgehead atoms. The zero-order valence-electron chi connectivity index (χ0n) is 10.4. The summed E-state index contributed by atoms with van der Waals surface area (Å²) in [5.74, 6) is 0. The van der Waals surface area contributed by atoms with E-state index in [2.05, 4.69) is 25.7 Å². The van der Waals surface area contributed by atoms with Crippen molar-refractivity contribution >= 4 is 0 Å². The molecule has 0 spiro atoms. The quantitative estimate of drug-likeness (QED) is 0.632. The van der Waals surface area contributed by atoms with Crippen LogP contribution in [-0.2, 0) is 9.47 Å². The van der Waals surface area contributed by atoms with Crippen LogP contribution in [0.15, 0.2) is 0 Å². The molecule has 0 aliphatic carbocycles. The maximum Gasteiger partial charge on any atom is 0.0645 e. The predicted molar refractivity (Wildman–Crippen MR) is 62.2 cm³/mol. The van der Waals surface area contributed by atoms with Crippen LogP contribution in [-0.4, -0.2) is 50.0 Å². The molecule has 1 aliphatic rings. The lowest BCUT2D eigenvalue weighted by molar-refractivity contribution is -0.0536. The summed E-state index contributed by atoms with van der Waals surface area (Å²) in [5, 5.41) is 0. The number of nitrogens with zero attached hydrogens (tertiary/aromatic N) is 1. The summed E-state index contributed by atoms with van der Waals surface area (Å²) in [4.78, 5) is 2.51. The largest absolute Gasteiger partial charge is 0.381 e. The molecule has 0 atom stereocenters. The highest BCUT2D eigenvalue weighted by atomic mass is 16.5. The molecule has 0 aromatic carbocycles. The normalized spacial score (nSPS) is 21.8. The standard InChI is InChI=1S/C12H25NO2/c1-4-8-14-9-5-6-13-7-10-15-11-12(13,2)3/h4-11H2,1-3H3. The number of hydrogen-bond donors (Lipinski definition) is 0. The molecule has 0 unspecified atom stereocenters. The van der Waals surface area contributed by atoms with Crippen molar-refractivity contribution in [2.45, 2.75) is 39.2 Å². The Morgan fingerprint density at radius 3 is 2.80 bits per heavy atom. The van der Waals surface area contributed by atoms with Gasteiger partial charge in [-0.2, -0.15) is 0 Å². The van der Waals surface area contributed by atoms with Crippen molar-refractivity contribution in [3.63, 3.8) is 0 Å². The van der Waals surface area contributed by atoms with Gasteiger partial charge in [0.2, 0.25) is 0 Å². The van der Waals surface area contributed by atoms with Crippen LogP contribution < -0.4 is 0 Å². The van der Waals surface area contributed by atoms with Crippen LogP contribution in [0.2, 0.25) is 0 Å². The Balaban J connectivity index is 2.13. The smallest absolute Gasteiger partial charge is 0.0645 e. The van der Waals surface area contributed by atoms with Crippen LogP contribution in [0.4, 0.5) is 0 Å². The van der Waals surface area contributed by atoms with Crippen LogP contribution in [0.1, 0.15) is 33.6 Å². The molecule has 1 fully saturated rings. The lowest BCUT2D eigenvalue weighted by Gasteiger charge is -2.42. The van der Waals surface area contributed by atoms with Crippen LogP contribution in [0.25, 0.3) is 0 Å². The Hall–Kier alpha value is -0.120. The molecule has 1 aliphatic heterocycles. The van der Waals surface area contributed by atoms with Crippen molar-refractivity contribution in [3.8, 4) is 0 Å². The van der Waals surface area contributed by atoms with Crippen LogP contribution in [0.5, 0.6) is 0 Å². The van der Waals surface area contributed by atoms with Gasteiger partial charge in [-0.1, -0.05) is 6.92 Å². The Morgan fingerprint density at radius 1 is 1.33 bits per heavy atom. The van der Waals surface area contributed by atoms with Gasteiger partial charge in [0, 0.05) is 31.8 Å². The Labute approximate surface area is 93.7 Å². The third kappa shape index (κ3) is 4.49. The first-order valence-electron chi connectivity index (χ1n) is 6.07. The zero-order valence-corrected chi connectivity index (χ0v) is 10.4. The number of morpholine rings is 1. The fraction of sp³-hybridized carbons (Fsp3) is 1.00. The van der Waals surface area contributed by atoms with Gasteiger partial charge in [0.1, 0.15) is 0 Å². The highest BCUT2D eigenvalue weighted by Crippen LogP contribution is 2.18. The second-order valence-electron chi connectivity index (χ2n) is 4.82. The summed E-state index contributed by atoms with van der Waals surface area (Å²) < 4.78 is 11.0. The van der Waals surface area contributed by atoms with Gasteiger partial charge < -0.3 is 9.47 Å². The van der Waals surface area contributed by atoms with E-state index in [-0.39, 0.29) is 5.54 Å².